The van der Waals surface area contributed by atoms with Crippen molar-refractivity contribution >= 4 is 17.7 Å². The summed E-state index contributed by atoms with van der Waals surface area (Å²) in [5.41, 5.74) is 5.96. The van der Waals surface area contributed by atoms with Gasteiger partial charge < -0.3 is 4.90 Å². The number of anilines is 1. The van der Waals surface area contributed by atoms with Crippen LogP contribution in [0.2, 0.25) is 0 Å². The Hall–Kier alpha value is -2.64. The Balaban J connectivity index is 1.64. The molecule has 1 aromatic heterocycles. The highest BCUT2D eigenvalue weighted by Crippen LogP contribution is 2.23. The van der Waals surface area contributed by atoms with Crippen LogP contribution in [0.5, 0.6) is 0 Å². The van der Waals surface area contributed by atoms with E-state index in [1.807, 2.05) is 36.9 Å². The normalized spacial score (nSPS) is 15.6. The fraction of sp³-hybridized carbons (Fsp3) is 0.368. The van der Waals surface area contributed by atoms with E-state index < -0.39 is 5.91 Å². The van der Waals surface area contributed by atoms with Crippen molar-refractivity contribution in [3.63, 3.8) is 0 Å². The van der Waals surface area contributed by atoms with Crippen LogP contribution in [0.3, 0.4) is 0 Å². The van der Waals surface area contributed by atoms with Crippen molar-refractivity contribution in [1.29, 1.82) is 0 Å². The van der Waals surface area contributed by atoms with Crippen LogP contribution in [0.4, 0.5) is 5.69 Å². The molecule has 1 saturated heterocycles. The van der Waals surface area contributed by atoms with Crippen molar-refractivity contribution in [2.45, 2.75) is 13.5 Å². The van der Waals surface area contributed by atoms with E-state index in [9.17, 15) is 4.79 Å². The SMILES string of the molecule is Cc1cc(CN2CCN(c3ccccc3/C=C/C(=O)NO)CC2)n(C)n1. The number of aryl methyl sites for hydroxylation is 2. The minimum absolute atomic E-state index is 0.531. The quantitative estimate of drug-likeness (QED) is 0.484. The summed E-state index contributed by atoms with van der Waals surface area (Å²) in [4.78, 5) is 16.0. The van der Waals surface area contributed by atoms with Crippen LogP contribution in [0.1, 0.15) is 17.0 Å². The predicted octanol–water partition coefficient (Wildman–Crippen LogP) is 1.57. The van der Waals surface area contributed by atoms with Gasteiger partial charge in [0.05, 0.1) is 11.4 Å². The third kappa shape index (κ3) is 4.30. The summed E-state index contributed by atoms with van der Waals surface area (Å²) in [5.74, 6) is -0.531. The van der Waals surface area contributed by atoms with Crippen LogP contribution < -0.4 is 10.4 Å². The molecule has 26 heavy (non-hydrogen) atoms. The first kappa shape index (κ1) is 18.2. The molecular formula is C19H25N5O2. The molecule has 0 saturated carbocycles. The van der Waals surface area contributed by atoms with Crippen LogP contribution >= 0.6 is 0 Å². The lowest BCUT2D eigenvalue weighted by atomic mass is 10.1. The van der Waals surface area contributed by atoms with Crippen molar-refractivity contribution in [2.24, 2.45) is 7.05 Å². The van der Waals surface area contributed by atoms with Crippen molar-refractivity contribution in [3.8, 4) is 0 Å². The third-order valence-electron chi connectivity index (χ3n) is 4.66. The highest BCUT2D eigenvalue weighted by molar-refractivity contribution is 5.91. The molecule has 1 amide bonds. The van der Waals surface area contributed by atoms with Gasteiger partial charge in [0.2, 0.25) is 0 Å². The number of rotatable bonds is 5. The molecule has 1 aromatic carbocycles. The zero-order valence-electron chi connectivity index (χ0n) is 15.2. The summed E-state index contributed by atoms with van der Waals surface area (Å²) in [5, 5.41) is 13.0. The van der Waals surface area contributed by atoms with Crippen LogP contribution in [0, 0.1) is 6.92 Å². The first-order chi connectivity index (χ1) is 12.6. The fourth-order valence-electron chi connectivity index (χ4n) is 3.31. The van der Waals surface area contributed by atoms with Gasteiger partial charge in [0.25, 0.3) is 5.91 Å². The maximum absolute atomic E-state index is 11.2. The molecule has 0 unspecified atom stereocenters. The average molecular weight is 355 g/mol. The molecule has 3 rings (SSSR count). The summed E-state index contributed by atoms with van der Waals surface area (Å²) >= 11 is 0. The molecule has 1 fully saturated rings. The lowest BCUT2D eigenvalue weighted by Gasteiger charge is -2.36. The minimum Gasteiger partial charge on any atom is -0.368 e. The van der Waals surface area contributed by atoms with Gasteiger partial charge >= 0.3 is 0 Å². The summed E-state index contributed by atoms with van der Waals surface area (Å²) in [6, 6.07) is 10.1. The molecule has 2 N–H and O–H groups in total. The molecule has 2 aromatic rings. The predicted molar refractivity (Wildman–Crippen MR) is 101 cm³/mol. The molecule has 0 radical (unpaired) electrons. The van der Waals surface area contributed by atoms with E-state index in [0.717, 1.165) is 49.7 Å². The number of nitrogens with zero attached hydrogens (tertiary/aromatic N) is 4. The van der Waals surface area contributed by atoms with Gasteiger partial charge in [-0.15, -0.1) is 0 Å². The number of para-hydroxylation sites is 1. The Morgan fingerprint density at radius 3 is 2.65 bits per heavy atom. The number of hydrogen-bond donors (Lipinski definition) is 2. The second-order valence-electron chi connectivity index (χ2n) is 6.53. The molecule has 2 heterocycles. The zero-order valence-corrected chi connectivity index (χ0v) is 15.2. The molecule has 1 aliphatic rings. The number of hydroxylamine groups is 1. The second-order valence-corrected chi connectivity index (χ2v) is 6.53. The number of benzene rings is 1. The monoisotopic (exact) mass is 355 g/mol. The van der Waals surface area contributed by atoms with Crippen molar-refractivity contribution in [1.82, 2.24) is 20.2 Å². The van der Waals surface area contributed by atoms with E-state index in [2.05, 4.69) is 27.0 Å². The maximum Gasteiger partial charge on any atom is 0.267 e. The van der Waals surface area contributed by atoms with Gasteiger partial charge in [0.1, 0.15) is 0 Å². The van der Waals surface area contributed by atoms with Crippen molar-refractivity contribution in [3.05, 3.63) is 53.4 Å². The van der Waals surface area contributed by atoms with E-state index in [4.69, 9.17) is 5.21 Å². The first-order valence-electron chi connectivity index (χ1n) is 8.75. The Labute approximate surface area is 153 Å². The van der Waals surface area contributed by atoms with Crippen molar-refractivity contribution < 1.29 is 10.0 Å². The summed E-state index contributed by atoms with van der Waals surface area (Å²) in [6.45, 7) is 6.72. The molecule has 1 aliphatic heterocycles. The highest BCUT2D eigenvalue weighted by Gasteiger charge is 2.19. The number of nitrogens with one attached hydrogen (secondary N) is 1. The highest BCUT2D eigenvalue weighted by atomic mass is 16.5. The Morgan fingerprint density at radius 2 is 2.00 bits per heavy atom. The van der Waals surface area contributed by atoms with Crippen LogP contribution in [-0.2, 0) is 18.4 Å². The van der Waals surface area contributed by atoms with Crippen molar-refractivity contribution in [2.75, 3.05) is 31.1 Å². The molecule has 0 bridgehead atoms. The smallest absolute Gasteiger partial charge is 0.267 e. The maximum atomic E-state index is 11.2. The van der Waals surface area contributed by atoms with E-state index in [1.54, 1.807) is 11.6 Å². The van der Waals surface area contributed by atoms with Gasteiger partial charge in [-0.05, 0) is 30.7 Å². The number of hydrogen-bond acceptors (Lipinski definition) is 5. The molecular weight excluding hydrogens is 330 g/mol. The van der Waals surface area contributed by atoms with E-state index in [-0.39, 0.29) is 0 Å². The van der Waals surface area contributed by atoms with Gasteiger partial charge in [-0.1, -0.05) is 18.2 Å². The van der Waals surface area contributed by atoms with E-state index >= 15 is 0 Å². The van der Waals surface area contributed by atoms with Gasteiger partial charge in [-0.25, -0.2) is 5.48 Å². The van der Waals surface area contributed by atoms with Gasteiger partial charge in [-0.2, -0.15) is 5.10 Å². The largest absolute Gasteiger partial charge is 0.368 e. The number of amides is 1. The van der Waals surface area contributed by atoms with E-state index in [1.165, 1.54) is 11.8 Å². The summed E-state index contributed by atoms with van der Waals surface area (Å²) < 4.78 is 1.95. The first-order valence-corrected chi connectivity index (χ1v) is 8.75. The van der Waals surface area contributed by atoms with Crippen LogP contribution in [0.15, 0.2) is 36.4 Å². The average Bonchev–Trinajstić information content (AvgIpc) is 2.97. The third-order valence-corrected chi connectivity index (χ3v) is 4.66. The molecule has 7 nitrogen and oxygen atoms in total. The molecule has 138 valence electrons. The topological polar surface area (TPSA) is 73.6 Å². The molecule has 7 heteroatoms. The lowest BCUT2D eigenvalue weighted by Crippen LogP contribution is -2.46. The Kier molecular flexibility index (Phi) is 5.70. The summed E-state index contributed by atoms with van der Waals surface area (Å²) in [7, 11) is 1.99. The number of piperazine rings is 1. The number of carbonyl (C=O) groups is 1. The second kappa shape index (κ2) is 8.16. The molecule has 0 aliphatic carbocycles. The number of carbonyl (C=O) groups excluding carboxylic acids is 1. The standard InChI is InChI=1S/C19H25N5O2/c1-15-13-17(22(2)20-15)14-23-9-11-24(12-10-23)18-6-4-3-5-16(18)7-8-19(25)21-26/h3-8,13,26H,9-12,14H2,1-2H3,(H,21,25)/b8-7+. The van der Waals surface area contributed by atoms with Gasteiger partial charge in [0.15, 0.2) is 0 Å². The van der Waals surface area contributed by atoms with Crippen LogP contribution in [-0.4, -0.2) is 52.0 Å². The fourth-order valence-corrected chi connectivity index (χ4v) is 3.31. The Morgan fingerprint density at radius 1 is 1.27 bits per heavy atom. The lowest BCUT2D eigenvalue weighted by molar-refractivity contribution is -0.124. The van der Waals surface area contributed by atoms with Crippen LogP contribution in [0.25, 0.3) is 6.08 Å². The molecule has 0 spiro atoms. The minimum atomic E-state index is -0.531. The van der Waals surface area contributed by atoms with Gasteiger partial charge in [0, 0.05) is 51.5 Å². The molecule has 0 atom stereocenters. The van der Waals surface area contributed by atoms with E-state index in [0.29, 0.717) is 0 Å². The summed E-state index contributed by atoms with van der Waals surface area (Å²) in [6.07, 6.45) is 3.06. The van der Waals surface area contributed by atoms with Gasteiger partial charge in [-0.3, -0.25) is 19.6 Å². The number of aromatic nitrogens is 2. The zero-order chi connectivity index (χ0) is 18.5. The Bertz CT molecular complexity index is 791.